The minimum absolute atomic E-state index is 0.160. The Kier molecular flexibility index (Phi) is 7.44. The molecule has 1 aliphatic heterocycles. The zero-order valence-corrected chi connectivity index (χ0v) is 15.5. The number of nitrogens with zero attached hydrogens (tertiary/aromatic N) is 2. The predicted octanol–water partition coefficient (Wildman–Crippen LogP) is 4.60. The molecule has 1 fully saturated rings. The molecule has 27 heavy (non-hydrogen) atoms. The molecule has 0 aliphatic carbocycles. The predicted molar refractivity (Wildman–Crippen MR) is 94.2 cm³/mol. The average molecular weight is 391 g/mol. The number of nitro benzene ring substituents is 1. The van der Waals surface area contributed by atoms with Crippen LogP contribution in [0.15, 0.2) is 18.2 Å². The molecule has 1 heterocycles. The van der Waals surface area contributed by atoms with E-state index < -0.39 is 28.0 Å². The minimum Gasteiger partial charge on any atom is -0.444 e. The fourth-order valence-electron chi connectivity index (χ4n) is 2.30. The number of hydrogen-bond donors (Lipinski definition) is 1. The molecule has 1 aromatic carbocycles. The van der Waals surface area contributed by atoms with E-state index >= 15 is 0 Å². The number of benzene rings is 1. The molecule has 7 nitrogen and oxygen atoms in total. The summed E-state index contributed by atoms with van der Waals surface area (Å²) in [7, 11) is 0. The highest BCUT2D eigenvalue weighted by molar-refractivity contribution is 5.68. The van der Waals surface area contributed by atoms with Gasteiger partial charge in [0.1, 0.15) is 11.3 Å². The molecule has 1 amide bonds. The number of carbonyl (C=O) groups is 1. The molecule has 152 valence electrons. The molecular weight excluding hydrogens is 367 g/mol. The van der Waals surface area contributed by atoms with Crippen LogP contribution < -0.4 is 5.73 Å². The van der Waals surface area contributed by atoms with Gasteiger partial charge in [-0.2, -0.15) is 13.2 Å². The molecule has 10 heteroatoms. The topological polar surface area (TPSA) is 98.7 Å². The van der Waals surface area contributed by atoms with Crippen molar-refractivity contribution in [2.24, 2.45) is 0 Å². The summed E-state index contributed by atoms with van der Waals surface area (Å²) in [6.45, 7) is 7.41. The molecule has 2 N–H and O–H groups in total. The Labute approximate surface area is 155 Å². The number of alkyl halides is 3. The molecular formula is C17H24F3N3O4. The average Bonchev–Trinajstić information content (AvgIpc) is 2.53. The zero-order valence-electron chi connectivity index (χ0n) is 15.5. The van der Waals surface area contributed by atoms with Gasteiger partial charge in [-0.25, -0.2) is 4.79 Å². The van der Waals surface area contributed by atoms with Crippen LogP contribution >= 0.6 is 0 Å². The van der Waals surface area contributed by atoms with Gasteiger partial charge >= 0.3 is 12.3 Å². The zero-order chi connectivity index (χ0) is 20.8. The van der Waals surface area contributed by atoms with Gasteiger partial charge in [0.15, 0.2) is 0 Å². The summed E-state index contributed by atoms with van der Waals surface area (Å²) in [4.78, 5) is 22.7. The molecule has 1 aliphatic rings. The van der Waals surface area contributed by atoms with Crippen LogP contribution in [0.3, 0.4) is 0 Å². The Bertz CT molecular complexity index is 666. The number of amides is 1. The highest BCUT2D eigenvalue weighted by atomic mass is 19.4. The van der Waals surface area contributed by atoms with E-state index in [2.05, 4.69) is 0 Å². The minimum atomic E-state index is -4.54. The first kappa shape index (κ1) is 22.5. The van der Waals surface area contributed by atoms with E-state index in [0.29, 0.717) is 12.1 Å². The first-order chi connectivity index (χ1) is 12.3. The maximum Gasteiger partial charge on any atom is 0.416 e. The Morgan fingerprint density at radius 2 is 1.74 bits per heavy atom. The van der Waals surface area contributed by atoms with Gasteiger partial charge in [-0.05, 0) is 52.2 Å². The van der Waals surface area contributed by atoms with Crippen LogP contribution in [0.2, 0.25) is 0 Å². The van der Waals surface area contributed by atoms with E-state index in [1.807, 2.05) is 20.8 Å². The molecule has 0 aromatic heterocycles. The molecule has 1 saturated heterocycles. The summed E-state index contributed by atoms with van der Waals surface area (Å²) in [6, 6.07) is 1.89. The number of nitrogens with two attached hydrogens (primary N) is 1. The van der Waals surface area contributed by atoms with Gasteiger partial charge in [-0.3, -0.25) is 10.1 Å². The highest BCUT2D eigenvalue weighted by Gasteiger charge is 2.31. The van der Waals surface area contributed by atoms with Crippen LogP contribution in [-0.4, -0.2) is 34.6 Å². The lowest BCUT2D eigenvalue weighted by atomic mass is 10.1. The van der Waals surface area contributed by atoms with Gasteiger partial charge in [0.05, 0.1) is 10.5 Å². The van der Waals surface area contributed by atoms with Crippen molar-refractivity contribution in [1.82, 2.24) is 4.90 Å². The van der Waals surface area contributed by atoms with Gasteiger partial charge in [-0.15, -0.1) is 0 Å². The second-order valence-corrected chi connectivity index (χ2v) is 7.06. The third-order valence-electron chi connectivity index (χ3n) is 3.56. The van der Waals surface area contributed by atoms with Crippen molar-refractivity contribution in [3.63, 3.8) is 0 Å². The summed E-state index contributed by atoms with van der Waals surface area (Å²) in [5.41, 5.74) is 2.69. The van der Waals surface area contributed by atoms with Crippen LogP contribution in [0.1, 0.15) is 45.6 Å². The molecule has 0 unspecified atom stereocenters. The normalized spacial score (nSPS) is 14.8. The van der Waals surface area contributed by atoms with Crippen molar-refractivity contribution >= 4 is 17.5 Å². The standard InChI is InChI=1S/C10H19NO2.C7H5F3N2O2/c1-10(2,3)13-9(12)11-7-5-4-6-8-11;8-7(9,10)4-1-2-6(12(13)14)5(11)3-4/h4-8H2,1-3H3;1-3H,11H2. The van der Waals surface area contributed by atoms with E-state index in [4.69, 9.17) is 10.5 Å². The van der Waals surface area contributed by atoms with Gasteiger partial charge in [0, 0.05) is 19.2 Å². The van der Waals surface area contributed by atoms with Crippen molar-refractivity contribution in [3.05, 3.63) is 33.9 Å². The van der Waals surface area contributed by atoms with Gasteiger partial charge in [-0.1, -0.05) is 0 Å². The first-order valence-electron chi connectivity index (χ1n) is 8.40. The van der Waals surface area contributed by atoms with E-state index in [1.165, 1.54) is 6.42 Å². The Morgan fingerprint density at radius 1 is 1.19 bits per heavy atom. The number of hydrogen-bond acceptors (Lipinski definition) is 5. The molecule has 0 atom stereocenters. The highest BCUT2D eigenvalue weighted by Crippen LogP contribution is 2.33. The lowest BCUT2D eigenvalue weighted by molar-refractivity contribution is -0.383. The quantitative estimate of drug-likeness (QED) is 0.428. The summed E-state index contributed by atoms with van der Waals surface area (Å²) in [6.07, 6.45) is -1.24. The molecule has 1 aromatic rings. The number of rotatable bonds is 1. The monoisotopic (exact) mass is 391 g/mol. The van der Waals surface area contributed by atoms with Gasteiger partial charge < -0.3 is 15.4 Å². The van der Waals surface area contributed by atoms with Crippen molar-refractivity contribution in [3.8, 4) is 0 Å². The number of anilines is 1. The number of ether oxygens (including phenoxy) is 1. The largest absolute Gasteiger partial charge is 0.444 e. The number of likely N-dealkylation sites (tertiary alicyclic amines) is 1. The van der Waals surface area contributed by atoms with Crippen molar-refractivity contribution in [2.75, 3.05) is 18.8 Å². The Balaban J connectivity index is 0.000000271. The smallest absolute Gasteiger partial charge is 0.416 e. The summed E-state index contributed by atoms with van der Waals surface area (Å²) in [5.74, 6) is 0. The number of nitrogen functional groups attached to an aromatic ring is 1. The maximum absolute atomic E-state index is 12.1. The Morgan fingerprint density at radius 3 is 2.15 bits per heavy atom. The van der Waals surface area contributed by atoms with Gasteiger partial charge in [0.25, 0.3) is 5.69 Å². The van der Waals surface area contributed by atoms with Crippen LogP contribution in [0.5, 0.6) is 0 Å². The molecule has 0 spiro atoms. The van der Waals surface area contributed by atoms with Crippen molar-refractivity contribution in [1.29, 1.82) is 0 Å². The van der Waals surface area contributed by atoms with Crippen LogP contribution in [-0.2, 0) is 10.9 Å². The van der Waals surface area contributed by atoms with E-state index in [-0.39, 0.29) is 11.7 Å². The SMILES string of the molecule is CC(C)(C)OC(=O)N1CCCCC1.Nc1cc(C(F)(F)F)ccc1[N+](=O)[O-]. The maximum atomic E-state index is 12.1. The lowest BCUT2D eigenvalue weighted by Crippen LogP contribution is -2.39. The van der Waals surface area contributed by atoms with Crippen LogP contribution in [0.25, 0.3) is 0 Å². The molecule has 2 rings (SSSR count). The number of nitro groups is 1. The van der Waals surface area contributed by atoms with Crippen LogP contribution in [0, 0.1) is 10.1 Å². The van der Waals surface area contributed by atoms with E-state index in [9.17, 15) is 28.1 Å². The number of halogens is 3. The summed E-state index contributed by atoms with van der Waals surface area (Å²) < 4.78 is 41.5. The number of piperidine rings is 1. The summed E-state index contributed by atoms with van der Waals surface area (Å²) >= 11 is 0. The third-order valence-corrected chi connectivity index (χ3v) is 3.56. The Hall–Kier alpha value is -2.52. The van der Waals surface area contributed by atoms with E-state index in [1.54, 1.807) is 4.90 Å². The van der Waals surface area contributed by atoms with E-state index in [0.717, 1.165) is 32.0 Å². The number of carbonyl (C=O) groups excluding carboxylic acids is 1. The second kappa shape index (κ2) is 8.92. The molecule has 0 saturated carbocycles. The third kappa shape index (κ3) is 7.71. The first-order valence-corrected chi connectivity index (χ1v) is 8.40. The molecule has 0 bridgehead atoms. The summed E-state index contributed by atoms with van der Waals surface area (Å²) in [5, 5.41) is 10.2. The molecule has 0 radical (unpaired) electrons. The van der Waals surface area contributed by atoms with Crippen molar-refractivity contribution in [2.45, 2.75) is 51.8 Å². The second-order valence-electron chi connectivity index (χ2n) is 7.06. The lowest BCUT2D eigenvalue weighted by Gasteiger charge is -2.29. The van der Waals surface area contributed by atoms with Crippen LogP contribution in [0.4, 0.5) is 29.3 Å². The fourth-order valence-corrected chi connectivity index (χ4v) is 2.30. The van der Waals surface area contributed by atoms with Crippen molar-refractivity contribution < 1.29 is 27.6 Å². The fraction of sp³-hybridized carbons (Fsp3) is 0.588. The van der Waals surface area contributed by atoms with Gasteiger partial charge in [0.2, 0.25) is 0 Å².